The van der Waals surface area contributed by atoms with E-state index in [1.54, 1.807) is 0 Å². The highest BCUT2D eigenvalue weighted by molar-refractivity contribution is 5.89. The molecular weight excluding hydrogens is 262 g/mol. The maximum atomic E-state index is 11.4. The molecule has 0 aliphatic carbocycles. The van der Waals surface area contributed by atoms with Crippen LogP contribution < -0.4 is 0 Å². The number of ether oxygens (including phenoxy) is 1. The van der Waals surface area contributed by atoms with E-state index in [-0.39, 0.29) is 5.97 Å². The molecule has 0 saturated heterocycles. The minimum absolute atomic E-state index is 0.289. The van der Waals surface area contributed by atoms with Crippen LogP contribution in [-0.4, -0.2) is 31.6 Å². The average molecular weight is 283 g/mol. The van der Waals surface area contributed by atoms with Crippen molar-refractivity contribution < 1.29 is 9.53 Å². The second-order valence-electron chi connectivity index (χ2n) is 5.16. The van der Waals surface area contributed by atoms with Crippen LogP contribution in [0.3, 0.4) is 0 Å². The van der Waals surface area contributed by atoms with Crippen LogP contribution in [0.2, 0.25) is 0 Å². The van der Waals surface area contributed by atoms with Crippen molar-refractivity contribution in [2.24, 2.45) is 0 Å². The number of carbonyl (C=O) groups excluding carboxylic acids is 1. The number of nitrogens with zero attached hydrogens (tertiary/aromatic N) is 1. The third-order valence-corrected chi connectivity index (χ3v) is 3.45. The fraction of sp³-hybridized carbons (Fsp3) is 0.278. The molecule has 0 aliphatic rings. The van der Waals surface area contributed by atoms with Crippen molar-refractivity contribution >= 4 is 5.97 Å². The Hall–Kier alpha value is -2.13. The van der Waals surface area contributed by atoms with Crippen LogP contribution in [0.4, 0.5) is 0 Å². The van der Waals surface area contributed by atoms with Crippen molar-refractivity contribution in [3.63, 3.8) is 0 Å². The lowest BCUT2D eigenvalue weighted by atomic mass is 10.1. The van der Waals surface area contributed by atoms with Gasteiger partial charge in [-0.15, -0.1) is 0 Å². The fourth-order valence-electron chi connectivity index (χ4n) is 2.22. The Morgan fingerprint density at radius 1 is 1.00 bits per heavy atom. The molecule has 3 nitrogen and oxygen atoms in total. The molecule has 0 N–H and O–H groups in total. The van der Waals surface area contributed by atoms with Gasteiger partial charge in [0.25, 0.3) is 0 Å². The molecule has 0 saturated carbocycles. The van der Waals surface area contributed by atoms with Crippen LogP contribution in [-0.2, 0) is 17.7 Å². The first kappa shape index (κ1) is 15.3. The number of hydrogen-bond donors (Lipinski definition) is 0. The molecule has 0 heterocycles. The fourth-order valence-corrected chi connectivity index (χ4v) is 2.22. The summed E-state index contributed by atoms with van der Waals surface area (Å²) in [6.45, 7) is 1.92. The molecule has 0 unspecified atom stereocenters. The summed E-state index contributed by atoms with van der Waals surface area (Å²) in [6, 6.07) is 18.1. The Balaban J connectivity index is 1.84. The van der Waals surface area contributed by atoms with Crippen LogP contribution in [0, 0.1) is 0 Å². The second-order valence-corrected chi connectivity index (χ2v) is 5.16. The van der Waals surface area contributed by atoms with E-state index in [0.717, 1.165) is 19.5 Å². The zero-order valence-corrected chi connectivity index (χ0v) is 12.6. The molecule has 3 heteroatoms. The number of rotatable bonds is 6. The maximum Gasteiger partial charge on any atom is 0.337 e. The highest BCUT2D eigenvalue weighted by Gasteiger charge is 2.05. The van der Waals surface area contributed by atoms with Gasteiger partial charge in [-0.2, -0.15) is 0 Å². The number of hydrogen-bond acceptors (Lipinski definition) is 3. The monoisotopic (exact) mass is 283 g/mol. The first-order valence-corrected chi connectivity index (χ1v) is 7.09. The molecule has 0 aliphatic heterocycles. The van der Waals surface area contributed by atoms with E-state index in [1.165, 1.54) is 18.2 Å². The van der Waals surface area contributed by atoms with E-state index in [1.807, 2.05) is 30.3 Å². The minimum Gasteiger partial charge on any atom is -0.465 e. The van der Waals surface area contributed by atoms with Gasteiger partial charge >= 0.3 is 5.97 Å². The lowest BCUT2D eigenvalue weighted by Gasteiger charge is -2.16. The van der Waals surface area contributed by atoms with Crippen LogP contribution in [0.5, 0.6) is 0 Å². The molecule has 0 radical (unpaired) electrons. The van der Waals surface area contributed by atoms with Crippen molar-refractivity contribution in [1.82, 2.24) is 4.90 Å². The molecule has 2 aromatic rings. The molecule has 0 atom stereocenters. The molecule has 0 amide bonds. The first-order chi connectivity index (χ1) is 10.2. The number of methoxy groups -OCH3 is 1. The molecule has 0 fully saturated rings. The highest BCUT2D eigenvalue weighted by Crippen LogP contribution is 2.08. The number of benzene rings is 2. The van der Waals surface area contributed by atoms with Crippen LogP contribution in [0.25, 0.3) is 0 Å². The predicted molar refractivity (Wildman–Crippen MR) is 84.3 cm³/mol. The standard InChI is InChI=1S/C18H21NO2/c1-19(14-16-6-4-3-5-7-16)13-12-15-8-10-17(11-9-15)18(20)21-2/h3-11H,12-14H2,1-2H3. The third-order valence-electron chi connectivity index (χ3n) is 3.45. The van der Waals surface area contributed by atoms with Gasteiger partial charge < -0.3 is 9.64 Å². The van der Waals surface area contributed by atoms with Gasteiger partial charge in [0.2, 0.25) is 0 Å². The van der Waals surface area contributed by atoms with Crippen molar-refractivity contribution in [3.8, 4) is 0 Å². The summed E-state index contributed by atoms with van der Waals surface area (Å²) in [5, 5.41) is 0. The topological polar surface area (TPSA) is 29.5 Å². The molecule has 2 rings (SSSR count). The number of esters is 1. The van der Waals surface area contributed by atoms with E-state index < -0.39 is 0 Å². The van der Waals surface area contributed by atoms with Crippen molar-refractivity contribution in [3.05, 3.63) is 71.3 Å². The van der Waals surface area contributed by atoms with Crippen molar-refractivity contribution in [1.29, 1.82) is 0 Å². The normalized spacial score (nSPS) is 10.6. The van der Waals surface area contributed by atoms with Gasteiger partial charge in [0.1, 0.15) is 0 Å². The van der Waals surface area contributed by atoms with Gasteiger partial charge in [0, 0.05) is 13.1 Å². The molecule has 21 heavy (non-hydrogen) atoms. The summed E-state index contributed by atoms with van der Waals surface area (Å²) in [6.07, 6.45) is 0.963. The van der Waals surface area contributed by atoms with Gasteiger partial charge in [0.15, 0.2) is 0 Å². The predicted octanol–water partition coefficient (Wildman–Crippen LogP) is 3.15. The van der Waals surface area contributed by atoms with Crippen molar-refractivity contribution in [2.45, 2.75) is 13.0 Å². The summed E-state index contributed by atoms with van der Waals surface area (Å²) in [4.78, 5) is 13.7. The first-order valence-electron chi connectivity index (χ1n) is 7.09. The van der Waals surface area contributed by atoms with Crippen molar-refractivity contribution in [2.75, 3.05) is 20.7 Å². The van der Waals surface area contributed by atoms with E-state index in [4.69, 9.17) is 4.74 Å². The molecule has 110 valence electrons. The van der Waals surface area contributed by atoms with Crippen LogP contribution in [0.1, 0.15) is 21.5 Å². The molecule has 0 spiro atoms. The summed E-state index contributed by atoms with van der Waals surface area (Å²) in [5.41, 5.74) is 3.14. The zero-order valence-electron chi connectivity index (χ0n) is 12.6. The van der Waals surface area contributed by atoms with Gasteiger partial charge in [-0.05, 0) is 36.7 Å². The number of likely N-dealkylation sites (N-methyl/N-ethyl adjacent to an activating group) is 1. The Morgan fingerprint density at radius 3 is 2.29 bits per heavy atom. The SMILES string of the molecule is COC(=O)c1ccc(CCN(C)Cc2ccccc2)cc1. The third kappa shape index (κ3) is 4.72. The van der Waals surface area contributed by atoms with Gasteiger partial charge in [-0.1, -0.05) is 42.5 Å². The van der Waals surface area contributed by atoms with E-state index in [0.29, 0.717) is 5.56 Å². The molecular formula is C18H21NO2. The van der Waals surface area contributed by atoms with E-state index in [2.05, 4.69) is 36.2 Å². The Morgan fingerprint density at radius 2 is 1.67 bits per heavy atom. The molecule has 0 aromatic heterocycles. The Kier molecular flexibility index (Phi) is 5.52. The lowest BCUT2D eigenvalue weighted by Crippen LogP contribution is -2.20. The summed E-state index contributed by atoms with van der Waals surface area (Å²) in [5.74, 6) is -0.289. The smallest absolute Gasteiger partial charge is 0.337 e. The molecule has 2 aromatic carbocycles. The van der Waals surface area contributed by atoms with E-state index >= 15 is 0 Å². The number of carbonyl (C=O) groups is 1. The summed E-state index contributed by atoms with van der Waals surface area (Å²) >= 11 is 0. The van der Waals surface area contributed by atoms with Gasteiger partial charge in [-0.3, -0.25) is 0 Å². The minimum atomic E-state index is -0.289. The summed E-state index contributed by atoms with van der Waals surface area (Å²) < 4.78 is 4.69. The largest absolute Gasteiger partial charge is 0.465 e. The summed E-state index contributed by atoms with van der Waals surface area (Å²) in [7, 11) is 3.52. The van der Waals surface area contributed by atoms with Gasteiger partial charge in [0.05, 0.1) is 12.7 Å². The Bertz CT molecular complexity index is 564. The average Bonchev–Trinajstić information content (AvgIpc) is 2.53. The highest BCUT2D eigenvalue weighted by atomic mass is 16.5. The van der Waals surface area contributed by atoms with E-state index in [9.17, 15) is 4.79 Å². The van der Waals surface area contributed by atoms with Crippen LogP contribution in [0.15, 0.2) is 54.6 Å². The lowest BCUT2D eigenvalue weighted by molar-refractivity contribution is 0.0600. The second kappa shape index (κ2) is 7.60. The molecule has 0 bridgehead atoms. The quantitative estimate of drug-likeness (QED) is 0.763. The van der Waals surface area contributed by atoms with Gasteiger partial charge in [-0.25, -0.2) is 4.79 Å². The Labute approximate surface area is 126 Å². The zero-order chi connectivity index (χ0) is 15.1. The maximum absolute atomic E-state index is 11.4. The van der Waals surface area contributed by atoms with Crippen LogP contribution >= 0.6 is 0 Å².